The van der Waals surface area contributed by atoms with Crippen LogP contribution in [0.1, 0.15) is 27.4 Å². The summed E-state index contributed by atoms with van der Waals surface area (Å²) >= 11 is 6.20. The smallest absolute Gasteiger partial charge is 0.259 e. The van der Waals surface area contributed by atoms with E-state index in [9.17, 15) is 4.79 Å². The number of para-hydroxylation sites is 1. The van der Waals surface area contributed by atoms with Crippen LogP contribution in [0.2, 0.25) is 5.02 Å². The van der Waals surface area contributed by atoms with Crippen LogP contribution in [-0.2, 0) is 6.61 Å². The molecule has 6 nitrogen and oxygen atoms in total. The molecule has 3 rings (SSSR count). The van der Waals surface area contributed by atoms with Gasteiger partial charge in [0.2, 0.25) is 0 Å². The van der Waals surface area contributed by atoms with Crippen LogP contribution < -0.4 is 14.8 Å². The number of anilines is 1. The van der Waals surface area contributed by atoms with Crippen molar-refractivity contribution in [3.05, 3.63) is 70.1 Å². The first-order valence-corrected chi connectivity index (χ1v) is 8.66. The minimum atomic E-state index is -0.323. The van der Waals surface area contributed by atoms with E-state index in [1.807, 2.05) is 13.8 Å². The number of ether oxygens (including phenoxy) is 2. The lowest BCUT2D eigenvalue weighted by atomic mass is 10.1. The number of amides is 1. The Morgan fingerprint density at radius 2 is 2.00 bits per heavy atom. The van der Waals surface area contributed by atoms with E-state index in [2.05, 4.69) is 10.5 Å². The number of nitrogens with one attached hydrogen (secondary N) is 1. The number of halogens is 1. The number of carbonyl (C=O) groups is 1. The fraction of sp³-hybridized carbons (Fsp3) is 0.200. The average Bonchev–Trinajstić information content (AvgIpc) is 2.99. The average molecular weight is 387 g/mol. The van der Waals surface area contributed by atoms with Crippen LogP contribution in [-0.4, -0.2) is 18.2 Å². The number of carbonyl (C=O) groups excluding carboxylic acids is 1. The zero-order valence-corrected chi connectivity index (χ0v) is 16.0. The van der Waals surface area contributed by atoms with E-state index in [1.54, 1.807) is 49.6 Å². The van der Waals surface area contributed by atoms with Crippen molar-refractivity contribution in [1.29, 1.82) is 0 Å². The Labute approximate surface area is 162 Å². The van der Waals surface area contributed by atoms with Crippen molar-refractivity contribution in [2.45, 2.75) is 20.5 Å². The van der Waals surface area contributed by atoms with E-state index < -0.39 is 0 Å². The molecule has 140 valence electrons. The Bertz CT molecular complexity index is 949. The van der Waals surface area contributed by atoms with Gasteiger partial charge in [0.05, 0.1) is 34.6 Å². The van der Waals surface area contributed by atoms with E-state index in [1.165, 1.54) is 0 Å². The van der Waals surface area contributed by atoms with Crippen molar-refractivity contribution >= 4 is 23.2 Å². The van der Waals surface area contributed by atoms with E-state index in [-0.39, 0.29) is 12.5 Å². The number of methoxy groups -OCH3 is 1. The maximum Gasteiger partial charge on any atom is 0.259 e. The molecule has 27 heavy (non-hydrogen) atoms. The van der Waals surface area contributed by atoms with Gasteiger partial charge in [-0.1, -0.05) is 28.9 Å². The van der Waals surface area contributed by atoms with Gasteiger partial charge in [0.15, 0.2) is 0 Å². The molecular formula is C20H19ClN2O4. The van der Waals surface area contributed by atoms with Crippen molar-refractivity contribution in [3.63, 3.8) is 0 Å². The van der Waals surface area contributed by atoms with Gasteiger partial charge in [-0.2, -0.15) is 0 Å². The third-order valence-corrected chi connectivity index (χ3v) is 4.42. The molecule has 3 aromatic rings. The lowest BCUT2D eigenvalue weighted by Crippen LogP contribution is -2.14. The molecule has 0 atom stereocenters. The summed E-state index contributed by atoms with van der Waals surface area (Å²) in [7, 11) is 1.55. The van der Waals surface area contributed by atoms with Crippen molar-refractivity contribution < 1.29 is 18.8 Å². The van der Waals surface area contributed by atoms with Crippen molar-refractivity contribution in [2.24, 2.45) is 0 Å². The number of hydrogen-bond acceptors (Lipinski definition) is 5. The fourth-order valence-electron chi connectivity index (χ4n) is 2.55. The molecule has 1 N–H and O–H groups in total. The van der Waals surface area contributed by atoms with Gasteiger partial charge in [0.1, 0.15) is 23.9 Å². The molecule has 0 saturated carbocycles. The second kappa shape index (κ2) is 8.14. The largest absolute Gasteiger partial charge is 0.497 e. The Morgan fingerprint density at radius 3 is 2.67 bits per heavy atom. The number of hydrogen-bond donors (Lipinski definition) is 1. The second-order valence-corrected chi connectivity index (χ2v) is 6.29. The highest BCUT2D eigenvalue weighted by molar-refractivity contribution is 6.34. The molecule has 0 aliphatic carbocycles. The third-order valence-electron chi connectivity index (χ3n) is 4.11. The molecule has 0 spiro atoms. The summed E-state index contributed by atoms with van der Waals surface area (Å²) in [5.74, 6) is 1.44. The predicted molar refractivity (Wildman–Crippen MR) is 103 cm³/mol. The van der Waals surface area contributed by atoms with Crippen LogP contribution in [0.15, 0.2) is 47.0 Å². The predicted octanol–water partition coefficient (Wildman–Crippen LogP) is 4.78. The normalized spacial score (nSPS) is 10.5. The fourth-order valence-corrected chi connectivity index (χ4v) is 2.77. The highest BCUT2D eigenvalue weighted by Gasteiger charge is 2.16. The molecule has 0 saturated heterocycles. The number of benzene rings is 2. The monoisotopic (exact) mass is 386 g/mol. The third kappa shape index (κ3) is 4.23. The first kappa shape index (κ1) is 18.8. The summed E-state index contributed by atoms with van der Waals surface area (Å²) in [5.41, 5.74) is 2.52. The van der Waals surface area contributed by atoms with Crippen molar-refractivity contribution in [3.8, 4) is 11.5 Å². The summed E-state index contributed by atoms with van der Waals surface area (Å²) in [5, 5.41) is 7.09. The molecule has 1 aromatic heterocycles. The molecule has 2 aromatic carbocycles. The van der Waals surface area contributed by atoms with Gasteiger partial charge in [0, 0.05) is 6.07 Å². The van der Waals surface area contributed by atoms with Crippen LogP contribution in [0, 0.1) is 13.8 Å². The quantitative estimate of drug-likeness (QED) is 0.659. The van der Waals surface area contributed by atoms with Gasteiger partial charge < -0.3 is 19.3 Å². The van der Waals surface area contributed by atoms with Crippen LogP contribution in [0.25, 0.3) is 0 Å². The lowest BCUT2D eigenvalue weighted by molar-refractivity contribution is 0.102. The first-order valence-electron chi connectivity index (χ1n) is 8.28. The van der Waals surface area contributed by atoms with Gasteiger partial charge in [-0.25, -0.2) is 0 Å². The number of nitrogens with zero attached hydrogens (tertiary/aromatic N) is 1. The summed E-state index contributed by atoms with van der Waals surface area (Å²) in [6.45, 7) is 3.93. The van der Waals surface area contributed by atoms with Gasteiger partial charge in [-0.3, -0.25) is 4.79 Å². The van der Waals surface area contributed by atoms with Crippen LogP contribution >= 0.6 is 11.6 Å². The van der Waals surface area contributed by atoms with Gasteiger partial charge >= 0.3 is 0 Å². The summed E-state index contributed by atoms with van der Waals surface area (Å²) < 4.78 is 16.1. The van der Waals surface area contributed by atoms with E-state index in [4.69, 9.17) is 25.6 Å². The Morgan fingerprint density at radius 1 is 1.22 bits per heavy atom. The zero-order valence-electron chi connectivity index (χ0n) is 15.2. The zero-order chi connectivity index (χ0) is 19.4. The molecule has 0 bridgehead atoms. The van der Waals surface area contributed by atoms with Crippen molar-refractivity contribution in [2.75, 3.05) is 12.4 Å². The standard InChI is InChI=1S/C20H19ClN2O4/c1-12-16(13(2)27-23-12)11-26-19-7-5-4-6-15(19)20(24)22-18-9-8-14(25-3)10-17(18)21/h4-10H,11H2,1-3H3,(H,22,24). The minimum Gasteiger partial charge on any atom is -0.497 e. The van der Waals surface area contributed by atoms with E-state index in [0.29, 0.717) is 33.5 Å². The highest BCUT2D eigenvalue weighted by atomic mass is 35.5. The van der Waals surface area contributed by atoms with Gasteiger partial charge in [-0.15, -0.1) is 0 Å². The topological polar surface area (TPSA) is 73.6 Å². The summed E-state index contributed by atoms with van der Waals surface area (Å²) in [6, 6.07) is 12.1. The molecular weight excluding hydrogens is 368 g/mol. The number of rotatable bonds is 6. The van der Waals surface area contributed by atoms with Gasteiger partial charge in [-0.05, 0) is 38.1 Å². The maximum absolute atomic E-state index is 12.7. The molecule has 0 radical (unpaired) electrons. The number of aryl methyl sites for hydroxylation is 2. The Balaban J connectivity index is 1.78. The molecule has 0 aliphatic rings. The van der Waals surface area contributed by atoms with Crippen LogP contribution in [0.4, 0.5) is 5.69 Å². The Kier molecular flexibility index (Phi) is 5.66. The molecule has 1 amide bonds. The Hall–Kier alpha value is -2.99. The van der Waals surface area contributed by atoms with Gasteiger partial charge in [0.25, 0.3) is 5.91 Å². The number of aromatic nitrogens is 1. The van der Waals surface area contributed by atoms with Crippen LogP contribution in [0.3, 0.4) is 0 Å². The molecule has 1 heterocycles. The maximum atomic E-state index is 12.7. The molecule has 7 heteroatoms. The summed E-state index contributed by atoms with van der Waals surface area (Å²) in [4.78, 5) is 12.7. The van der Waals surface area contributed by atoms with Crippen molar-refractivity contribution in [1.82, 2.24) is 5.16 Å². The van der Waals surface area contributed by atoms with E-state index in [0.717, 1.165) is 11.3 Å². The highest BCUT2D eigenvalue weighted by Crippen LogP contribution is 2.28. The minimum absolute atomic E-state index is 0.259. The molecule has 0 fully saturated rings. The first-order chi connectivity index (χ1) is 13.0. The lowest BCUT2D eigenvalue weighted by Gasteiger charge is -2.13. The summed E-state index contributed by atoms with van der Waals surface area (Å²) in [6.07, 6.45) is 0. The molecule has 0 unspecified atom stereocenters. The molecule has 0 aliphatic heterocycles. The van der Waals surface area contributed by atoms with E-state index >= 15 is 0 Å². The second-order valence-electron chi connectivity index (χ2n) is 5.89. The van der Waals surface area contributed by atoms with Crippen LogP contribution in [0.5, 0.6) is 11.5 Å². The SMILES string of the molecule is COc1ccc(NC(=O)c2ccccc2OCc2c(C)noc2C)c(Cl)c1.